The average molecular weight is 430 g/mol. The Hall–Kier alpha value is -2.35. The van der Waals surface area contributed by atoms with Crippen molar-refractivity contribution < 1.29 is 35.9 Å². The Morgan fingerprint density at radius 1 is 0.867 bits per heavy atom. The summed E-state index contributed by atoms with van der Waals surface area (Å²) in [6.07, 6.45) is 3.27. The Morgan fingerprint density at radius 2 is 1.40 bits per heavy atom. The Kier molecular flexibility index (Phi) is 7.18. The summed E-state index contributed by atoms with van der Waals surface area (Å²) in [6, 6.07) is 5.71. The van der Waals surface area contributed by atoms with E-state index in [1.54, 1.807) is 12.1 Å². The minimum atomic E-state index is -2.25. The molecule has 1 aliphatic carbocycles. The molecule has 2 aromatic carbocycles. The Labute approximate surface area is 169 Å². The summed E-state index contributed by atoms with van der Waals surface area (Å²) in [5.74, 6) is -11.0. The zero-order valence-electron chi connectivity index (χ0n) is 15.9. The molecular formula is C22H20F6O2. The summed E-state index contributed by atoms with van der Waals surface area (Å²) >= 11 is 0. The molecule has 0 spiro atoms. The number of hydrogen-bond acceptors (Lipinski definition) is 2. The molecule has 30 heavy (non-hydrogen) atoms. The molecule has 2 aromatic rings. The largest absolute Gasteiger partial charge is 0.366 e. The van der Waals surface area contributed by atoms with Gasteiger partial charge in [-0.3, -0.25) is 0 Å². The number of rotatable bonds is 8. The molecule has 0 radical (unpaired) electrons. The molecule has 1 fully saturated rings. The molecule has 0 amide bonds. The van der Waals surface area contributed by atoms with E-state index >= 15 is 0 Å². The van der Waals surface area contributed by atoms with Crippen LogP contribution in [0.3, 0.4) is 0 Å². The van der Waals surface area contributed by atoms with Crippen molar-refractivity contribution in [3.8, 4) is 0 Å². The molecule has 2 atom stereocenters. The Morgan fingerprint density at radius 3 is 1.93 bits per heavy atom. The zero-order chi connectivity index (χ0) is 21.8. The van der Waals surface area contributed by atoms with Gasteiger partial charge in [-0.25, -0.2) is 26.3 Å². The lowest BCUT2D eigenvalue weighted by Gasteiger charge is -2.29. The third kappa shape index (κ3) is 4.69. The molecule has 0 aromatic heterocycles. The van der Waals surface area contributed by atoms with Gasteiger partial charge in [0.2, 0.25) is 5.82 Å². The highest BCUT2D eigenvalue weighted by molar-refractivity contribution is 5.57. The molecule has 3 rings (SSSR count). The molecule has 1 aliphatic rings. The normalized spacial score (nSPS) is 16.6. The van der Waals surface area contributed by atoms with Crippen molar-refractivity contribution in [2.45, 2.75) is 44.8 Å². The quantitative estimate of drug-likeness (QED) is 0.234. The Bertz CT molecular complexity index is 864. The third-order valence-corrected chi connectivity index (χ3v) is 5.67. The van der Waals surface area contributed by atoms with Crippen LogP contribution in [0.5, 0.6) is 0 Å². The van der Waals surface area contributed by atoms with E-state index < -0.39 is 53.2 Å². The van der Waals surface area contributed by atoms with Crippen LogP contribution in [0.4, 0.5) is 26.3 Å². The van der Waals surface area contributed by atoms with Crippen LogP contribution in [0, 0.1) is 46.7 Å². The molecule has 0 aliphatic heterocycles. The van der Waals surface area contributed by atoms with Gasteiger partial charge in [-0.1, -0.05) is 37.8 Å². The van der Waals surface area contributed by atoms with Crippen LogP contribution < -0.4 is 0 Å². The topological polar surface area (TPSA) is 26.3 Å². The van der Waals surface area contributed by atoms with Crippen LogP contribution in [0.15, 0.2) is 24.3 Å². The number of aldehydes is 1. The second-order valence-corrected chi connectivity index (χ2v) is 7.50. The van der Waals surface area contributed by atoms with Gasteiger partial charge in [-0.2, -0.15) is 0 Å². The Balaban J connectivity index is 1.82. The molecule has 2 unspecified atom stereocenters. The molecule has 8 heteroatoms. The molecule has 0 saturated heterocycles. The summed E-state index contributed by atoms with van der Waals surface area (Å²) in [5.41, 5.74) is -0.370. The lowest BCUT2D eigenvalue weighted by Crippen LogP contribution is -2.33. The molecular weight excluding hydrogens is 410 g/mol. The minimum absolute atomic E-state index is 0.0848. The highest BCUT2D eigenvalue weighted by atomic mass is 19.2. The monoisotopic (exact) mass is 430 g/mol. The first-order valence-electron chi connectivity index (χ1n) is 9.65. The van der Waals surface area contributed by atoms with E-state index in [1.807, 2.05) is 0 Å². The van der Waals surface area contributed by atoms with Gasteiger partial charge in [0, 0.05) is 0 Å². The van der Waals surface area contributed by atoms with E-state index in [1.165, 1.54) is 12.1 Å². The summed E-state index contributed by atoms with van der Waals surface area (Å²) < 4.78 is 86.5. The number of carbonyl (C=O) groups excluding carboxylic acids is 1. The number of benzene rings is 2. The highest BCUT2D eigenvalue weighted by Crippen LogP contribution is 2.36. The van der Waals surface area contributed by atoms with Crippen molar-refractivity contribution in [1.29, 1.82) is 0 Å². The summed E-state index contributed by atoms with van der Waals surface area (Å²) in [5, 5.41) is 0. The smallest absolute Gasteiger partial charge is 0.200 e. The first-order chi connectivity index (χ1) is 14.3. The number of carbonyl (C=O) groups is 1. The van der Waals surface area contributed by atoms with Crippen LogP contribution in [0.1, 0.15) is 36.8 Å². The number of halogens is 6. The SMILES string of the molecule is O=CC(OCc1c(F)c(F)c(F)c(F)c1F)C(Cc1ccc(F)cc1)C1CCCC1. The van der Waals surface area contributed by atoms with Crippen LogP contribution in [0.25, 0.3) is 0 Å². The molecule has 1 saturated carbocycles. The van der Waals surface area contributed by atoms with Gasteiger partial charge in [0.25, 0.3) is 0 Å². The van der Waals surface area contributed by atoms with E-state index in [2.05, 4.69) is 0 Å². The molecule has 0 bridgehead atoms. The summed E-state index contributed by atoms with van der Waals surface area (Å²) in [7, 11) is 0. The van der Waals surface area contributed by atoms with Gasteiger partial charge in [0.05, 0.1) is 12.2 Å². The van der Waals surface area contributed by atoms with Crippen molar-refractivity contribution in [3.05, 3.63) is 70.3 Å². The number of hydrogen-bond donors (Lipinski definition) is 0. The maximum atomic E-state index is 13.9. The van der Waals surface area contributed by atoms with Gasteiger partial charge in [0.1, 0.15) is 18.2 Å². The van der Waals surface area contributed by atoms with E-state index in [4.69, 9.17) is 4.74 Å². The fraction of sp³-hybridized carbons (Fsp3) is 0.409. The van der Waals surface area contributed by atoms with Gasteiger partial charge < -0.3 is 9.53 Å². The highest BCUT2D eigenvalue weighted by Gasteiger charge is 2.33. The third-order valence-electron chi connectivity index (χ3n) is 5.67. The summed E-state index contributed by atoms with van der Waals surface area (Å²) in [6.45, 7) is -0.943. The lowest BCUT2D eigenvalue weighted by molar-refractivity contribution is -0.124. The first kappa shape index (κ1) is 22.3. The molecule has 0 N–H and O–H groups in total. The fourth-order valence-electron chi connectivity index (χ4n) is 4.05. The van der Waals surface area contributed by atoms with Crippen LogP contribution in [-0.2, 0) is 22.6 Å². The lowest BCUT2D eigenvalue weighted by atomic mass is 9.82. The predicted molar refractivity (Wildman–Crippen MR) is 96.4 cm³/mol. The van der Waals surface area contributed by atoms with Crippen molar-refractivity contribution in [3.63, 3.8) is 0 Å². The number of ether oxygens (including phenoxy) is 1. The second-order valence-electron chi connectivity index (χ2n) is 7.50. The predicted octanol–water partition coefficient (Wildman–Crippen LogP) is 5.65. The van der Waals surface area contributed by atoms with Crippen LogP contribution in [0.2, 0.25) is 0 Å². The molecule has 2 nitrogen and oxygen atoms in total. The molecule has 0 heterocycles. The summed E-state index contributed by atoms with van der Waals surface area (Å²) in [4.78, 5) is 11.7. The van der Waals surface area contributed by atoms with Gasteiger partial charge in [-0.05, 0) is 36.0 Å². The van der Waals surface area contributed by atoms with E-state index in [-0.39, 0.29) is 11.8 Å². The standard InChI is InChI=1S/C22H20F6O2/c23-14-7-5-12(6-8-14)9-15(13-3-1-2-4-13)17(10-29)30-11-16-18(24)20(26)22(28)21(27)19(16)25/h5-8,10,13,15,17H,1-4,9,11H2. The maximum Gasteiger partial charge on any atom is 0.200 e. The zero-order valence-corrected chi connectivity index (χ0v) is 15.9. The van der Waals surface area contributed by atoms with Crippen molar-refractivity contribution in [2.75, 3.05) is 0 Å². The van der Waals surface area contributed by atoms with Gasteiger partial charge >= 0.3 is 0 Å². The minimum Gasteiger partial charge on any atom is -0.366 e. The first-order valence-corrected chi connectivity index (χ1v) is 9.65. The van der Waals surface area contributed by atoms with Crippen LogP contribution in [-0.4, -0.2) is 12.4 Å². The fourth-order valence-corrected chi connectivity index (χ4v) is 4.05. The van der Waals surface area contributed by atoms with E-state index in [0.717, 1.165) is 31.2 Å². The maximum absolute atomic E-state index is 13.9. The second kappa shape index (κ2) is 9.64. The van der Waals surface area contributed by atoms with Crippen molar-refractivity contribution in [2.24, 2.45) is 11.8 Å². The van der Waals surface area contributed by atoms with E-state index in [9.17, 15) is 31.1 Å². The van der Waals surface area contributed by atoms with Crippen molar-refractivity contribution in [1.82, 2.24) is 0 Å². The van der Waals surface area contributed by atoms with Gasteiger partial charge in [-0.15, -0.1) is 0 Å². The molecule has 162 valence electrons. The van der Waals surface area contributed by atoms with Crippen molar-refractivity contribution >= 4 is 6.29 Å². The average Bonchev–Trinajstić information content (AvgIpc) is 3.28. The van der Waals surface area contributed by atoms with E-state index in [0.29, 0.717) is 12.7 Å². The van der Waals surface area contributed by atoms with Gasteiger partial charge in [0.15, 0.2) is 23.3 Å². The van der Waals surface area contributed by atoms with Crippen LogP contribution >= 0.6 is 0 Å².